The van der Waals surface area contributed by atoms with E-state index >= 15 is 0 Å². The van der Waals surface area contributed by atoms with Crippen molar-refractivity contribution in [1.82, 2.24) is 0 Å². The number of hydrogen-bond donors (Lipinski definition) is 1. The predicted octanol–water partition coefficient (Wildman–Crippen LogP) is 3.65. The van der Waals surface area contributed by atoms with Gasteiger partial charge in [0.1, 0.15) is 17.2 Å². The highest BCUT2D eigenvalue weighted by Gasteiger charge is 2.31. The van der Waals surface area contributed by atoms with Gasteiger partial charge in [0.2, 0.25) is 0 Å². The molecule has 0 aliphatic rings. The molecule has 124 valence electrons. The molecule has 0 saturated carbocycles. The Morgan fingerprint density at radius 1 is 0.913 bits per heavy atom. The van der Waals surface area contributed by atoms with Gasteiger partial charge in [-0.25, -0.2) is 0 Å². The summed E-state index contributed by atoms with van der Waals surface area (Å²) in [5.41, 5.74) is 7.48. The standard InChI is InChI=1S/C16H16F3NO3/c1-21-12-7-8-14(22-2)13(9-12)15(20)10-3-5-11(6-4-10)23-16(17,18)19/h3-9,15H,20H2,1-2H3/t15-/m0/s1. The summed E-state index contributed by atoms with van der Waals surface area (Å²) < 4.78 is 50.8. The van der Waals surface area contributed by atoms with Crippen molar-refractivity contribution in [3.05, 3.63) is 53.6 Å². The molecule has 0 aliphatic carbocycles. The SMILES string of the molecule is COc1ccc(OC)c([C@@H](N)c2ccc(OC(F)(F)F)cc2)c1. The molecule has 0 amide bonds. The van der Waals surface area contributed by atoms with Gasteiger partial charge in [-0.1, -0.05) is 12.1 Å². The van der Waals surface area contributed by atoms with Gasteiger partial charge in [-0.3, -0.25) is 0 Å². The molecule has 0 radical (unpaired) electrons. The highest BCUT2D eigenvalue weighted by Crippen LogP contribution is 2.32. The summed E-state index contributed by atoms with van der Waals surface area (Å²) in [5.74, 6) is 0.869. The number of hydrogen-bond acceptors (Lipinski definition) is 4. The zero-order valence-corrected chi connectivity index (χ0v) is 12.6. The average molecular weight is 327 g/mol. The van der Waals surface area contributed by atoms with Gasteiger partial charge in [-0.05, 0) is 35.9 Å². The second-order valence-electron chi connectivity index (χ2n) is 4.70. The molecule has 0 bridgehead atoms. The lowest BCUT2D eigenvalue weighted by Crippen LogP contribution is -2.17. The van der Waals surface area contributed by atoms with Crippen LogP contribution in [0.15, 0.2) is 42.5 Å². The van der Waals surface area contributed by atoms with Crippen molar-refractivity contribution in [3.8, 4) is 17.2 Å². The van der Waals surface area contributed by atoms with E-state index in [-0.39, 0.29) is 5.75 Å². The fourth-order valence-corrected chi connectivity index (χ4v) is 2.14. The van der Waals surface area contributed by atoms with Gasteiger partial charge in [-0.15, -0.1) is 13.2 Å². The van der Waals surface area contributed by atoms with Crippen molar-refractivity contribution >= 4 is 0 Å². The highest BCUT2D eigenvalue weighted by atomic mass is 19.4. The molecule has 2 rings (SSSR count). The van der Waals surface area contributed by atoms with E-state index in [9.17, 15) is 13.2 Å². The van der Waals surface area contributed by atoms with Crippen LogP contribution in [0.25, 0.3) is 0 Å². The first-order valence-corrected chi connectivity index (χ1v) is 6.67. The number of methoxy groups -OCH3 is 2. The van der Waals surface area contributed by atoms with Crippen molar-refractivity contribution in [2.75, 3.05) is 14.2 Å². The third kappa shape index (κ3) is 4.29. The Morgan fingerprint density at radius 3 is 2.04 bits per heavy atom. The second kappa shape index (κ2) is 6.78. The first-order chi connectivity index (χ1) is 10.8. The smallest absolute Gasteiger partial charge is 0.497 e. The lowest BCUT2D eigenvalue weighted by Gasteiger charge is -2.18. The maximum atomic E-state index is 12.2. The Balaban J connectivity index is 2.28. The lowest BCUT2D eigenvalue weighted by molar-refractivity contribution is -0.274. The Morgan fingerprint density at radius 2 is 1.52 bits per heavy atom. The summed E-state index contributed by atoms with van der Waals surface area (Å²) in [5, 5.41) is 0. The molecule has 0 saturated heterocycles. The van der Waals surface area contributed by atoms with Crippen molar-refractivity contribution in [2.24, 2.45) is 5.73 Å². The van der Waals surface area contributed by atoms with Gasteiger partial charge in [0.05, 0.1) is 20.3 Å². The Labute approximate surface area is 131 Å². The van der Waals surface area contributed by atoms with Gasteiger partial charge in [0, 0.05) is 5.56 Å². The van der Waals surface area contributed by atoms with Crippen LogP contribution in [0.2, 0.25) is 0 Å². The summed E-state index contributed by atoms with van der Waals surface area (Å²) in [6.45, 7) is 0. The largest absolute Gasteiger partial charge is 0.573 e. The lowest BCUT2D eigenvalue weighted by atomic mass is 9.98. The molecule has 0 spiro atoms. The molecule has 2 N–H and O–H groups in total. The number of benzene rings is 2. The molecule has 0 fully saturated rings. The maximum absolute atomic E-state index is 12.2. The van der Waals surface area contributed by atoms with Crippen LogP contribution >= 0.6 is 0 Å². The van der Waals surface area contributed by atoms with E-state index in [4.69, 9.17) is 15.2 Å². The zero-order chi connectivity index (χ0) is 17.0. The minimum absolute atomic E-state index is 0.300. The van der Waals surface area contributed by atoms with Crippen LogP contribution in [0, 0.1) is 0 Å². The Bertz CT molecular complexity index is 657. The minimum Gasteiger partial charge on any atom is -0.497 e. The van der Waals surface area contributed by atoms with Crippen LogP contribution in [0.5, 0.6) is 17.2 Å². The van der Waals surface area contributed by atoms with E-state index < -0.39 is 12.4 Å². The molecule has 1 atom stereocenters. The molecule has 0 aliphatic heterocycles. The molecule has 0 heterocycles. The number of alkyl halides is 3. The monoisotopic (exact) mass is 327 g/mol. The molecule has 2 aromatic carbocycles. The van der Waals surface area contributed by atoms with Crippen LogP contribution < -0.4 is 19.9 Å². The molecular weight excluding hydrogens is 311 g/mol. The summed E-state index contributed by atoms with van der Waals surface area (Å²) >= 11 is 0. The summed E-state index contributed by atoms with van der Waals surface area (Å²) in [4.78, 5) is 0. The first kappa shape index (κ1) is 17.0. The van der Waals surface area contributed by atoms with E-state index in [1.165, 1.54) is 38.5 Å². The van der Waals surface area contributed by atoms with Gasteiger partial charge in [0.15, 0.2) is 0 Å². The van der Waals surface area contributed by atoms with E-state index in [0.29, 0.717) is 22.6 Å². The molecule has 2 aromatic rings. The molecule has 7 heteroatoms. The van der Waals surface area contributed by atoms with Crippen LogP contribution in [0.1, 0.15) is 17.2 Å². The fraction of sp³-hybridized carbons (Fsp3) is 0.250. The molecule has 0 unspecified atom stereocenters. The zero-order valence-electron chi connectivity index (χ0n) is 12.6. The van der Waals surface area contributed by atoms with Gasteiger partial charge >= 0.3 is 6.36 Å². The fourth-order valence-electron chi connectivity index (χ4n) is 2.14. The van der Waals surface area contributed by atoms with Crippen molar-refractivity contribution in [2.45, 2.75) is 12.4 Å². The Hall–Kier alpha value is -2.41. The second-order valence-corrected chi connectivity index (χ2v) is 4.70. The van der Waals surface area contributed by atoms with E-state index in [0.717, 1.165) is 0 Å². The van der Waals surface area contributed by atoms with Crippen molar-refractivity contribution < 1.29 is 27.4 Å². The first-order valence-electron chi connectivity index (χ1n) is 6.67. The van der Waals surface area contributed by atoms with Crippen LogP contribution in [0.3, 0.4) is 0 Å². The third-order valence-electron chi connectivity index (χ3n) is 3.24. The number of rotatable bonds is 5. The quantitative estimate of drug-likeness (QED) is 0.911. The molecule has 4 nitrogen and oxygen atoms in total. The van der Waals surface area contributed by atoms with Gasteiger partial charge in [-0.2, -0.15) is 0 Å². The van der Waals surface area contributed by atoms with E-state index in [1.54, 1.807) is 18.2 Å². The summed E-state index contributed by atoms with van der Waals surface area (Å²) in [6.07, 6.45) is -4.72. The number of ether oxygens (including phenoxy) is 3. The normalized spacial score (nSPS) is 12.6. The molecule has 0 aromatic heterocycles. The topological polar surface area (TPSA) is 53.7 Å². The van der Waals surface area contributed by atoms with Crippen LogP contribution in [0.4, 0.5) is 13.2 Å². The van der Waals surface area contributed by atoms with E-state index in [1.807, 2.05) is 0 Å². The number of nitrogens with two attached hydrogens (primary N) is 1. The highest BCUT2D eigenvalue weighted by molar-refractivity contribution is 5.46. The van der Waals surface area contributed by atoms with Crippen molar-refractivity contribution in [1.29, 1.82) is 0 Å². The number of halogens is 3. The van der Waals surface area contributed by atoms with Crippen LogP contribution in [-0.2, 0) is 0 Å². The van der Waals surface area contributed by atoms with E-state index in [2.05, 4.69) is 4.74 Å². The molecular formula is C16H16F3NO3. The summed E-state index contributed by atoms with van der Waals surface area (Å²) in [6, 6.07) is 9.98. The van der Waals surface area contributed by atoms with Crippen LogP contribution in [-0.4, -0.2) is 20.6 Å². The average Bonchev–Trinajstić information content (AvgIpc) is 2.52. The van der Waals surface area contributed by atoms with Crippen molar-refractivity contribution in [3.63, 3.8) is 0 Å². The maximum Gasteiger partial charge on any atom is 0.573 e. The van der Waals surface area contributed by atoms with Gasteiger partial charge < -0.3 is 19.9 Å². The predicted molar refractivity (Wildman–Crippen MR) is 78.7 cm³/mol. The molecule has 23 heavy (non-hydrogen) atoms. The minimum atomic E-state index is -4.72. The summed E-state index contributed by atoms with van der Waals surface area (Å²) in [7, 11) is 3.04. The third-order valence-corrected chi connectivity index (χ3v) is 3.24. The Kier molecular flexibility index (Phi) is 5.00. The van der Waals surface area contributed by atoms with Gasteiger partial charge in [0.25, 0.3) is 0 Å².